The molecular formula is C24H25FN4O4S. The van der Waals surface area contributed by atoms with Crippen LogP contribution >= 0.6 is 0 Å². The molecule has 2 fully saturated rings. The summed E-state index contributed by atoms with van der Waals surface area (Å²) in [6.07, 6.45) is 3.16. The Hall–Kier alpha value is -3.11. The molecule has 8 nitrogen and oxygen atoms in total. The Bertz CT molecular complexity index is 1280. The quantitative estimate of drug-likeness (QED) is 0.549. The van der Waals surface area contributed by atoms with Crippen LogP contribution in [0.4, 0.5) is 4.39 Å². The van der Waals surface area contributed by atoms with Crippen LogP contribution in [0.15, 0.2) is 57.9 Å². The van der Waals surface area contributed by atoms with Crippen LogP contribution in [-0.4, -0.2) is 59.8 Å². The first-order valence-corrected chi connectivity index (χ1v) is 12.9. The average Bonchev–Trinajstić information content (AvgIpc) is 3.57. The molecule has 10 heteroatoms. The normalized spacial score (nSPS) is 17.9. The fourth-order valence-electron chi connectivity index (χ4n) is 4.55. The smallest absolute Gasteiger partial charge is 0.261 e. The van der Waals surface area contributed by atoms with E-state index in [0.717, 1.165) is 25.9 Å². The summed E-state index contributed by atoms with van der Waals surface area (Å²) in [5.74, 6) is -0.118. The summed E-state index contributed by atoms with van der Waals surface area (Å²) in [5, 5.41) is 3.89. The standard InChI is InChI=1S/C24H25FN4O4S/c25-21-6-2-1-5-20(21)23-26-22(27-33-23)17-7-9-19(10-8-17)34(31,32)29-15-11-18(12-16-29)24(30)28-13-3-4-14-28/h1-2,5-10,18H,3-4,11-16H2. The molecule has 2 aliphatic rings. The molecule has 0 saturated carbocycles. The predicted molar refractivity (Wildman–Crippen MR) is 122 cm³/mol. The van der Waals surface area contributed by atoms with Crippen molar-refractivity contribution in [1.29, 1.82) is 0 Å². The average molecular weight is 485 g/mol. The SMILES string of the molecule is O=C(C1CCN(S(=O)(=O)c2ccc(-c3noc(-c4ccccc4F)n3)cc2)CC1)N1CCCC1. The largest absolute Gasteiger partial charge is 0.342 e. The first kappa shape index (κ1) is 22.7. The number of nitrogens with zero attached hydrogens (tertiary/aromatic N) is 4. The van der Waals surface area contributed by atoms with Crippen molar-refractivity contribution in [3.8, 4) is 22.8 Å². The number of benzene rings is 2. The maximum atomic E-state index is 14.0. The number of likely N-dealkylation sites (tertiary alicyclic amines) is 1. The van der Waals surface area contributed by atoms with Gasteiger partial charge in [-0.15, -0.1) is 0 Å². The lowest BCUT2D eigenvalue weighted by molar-refractivity contribution is -0.135. The van der Waals surface area contributed by atoms with Crippen molar-refractivity contribution in [2.75, 3.05) is 26.2 Å². The lowest BCUT2D eigenvalue weighted by atomic mass is 9.97. The number of rotatable bonds is 5. The number of halogens is 1. The van der Waals surface area contributed by atoms with Gasteiger partial charge in [0.05, 0.1) is 10.5 Å². The topological polar surface area (TPSA) is 96.6 Å². The molecule has 2 aromatic carbocycles. The number of hydrogen-bond donors (Lipinski definition) is 0. The minimum atomic E-state index is -3.68. The van der Waals surface area contributed by atoms with Crippen molar-refractivity contribution in [3.05, 3.63) is 54.3 Å². The van der Waals surface area contributed by atoms with Gasteiger partial charge in [0.1, 0.15) is 5.82 Å². The van der Waals surface area contributed by atoms with E-state index < -0.39 is 15.8 Å². The highest BCUT2D eigenvalue weighted by atomic mass is 32.2. The summed E-state index contributed by atoms with van der Waals surface area (Å²) < 4.78 is 46.9. The van der Waals surface area contributed by atoms with E-state index in [2.05, 4.69) is 10.1 Å². The van der Waals surface area contributed by atoms with Crippen LogP contribution in [0.3, 0.4) is 0 Å². The van der Waals surface area contributed by atoms with E-state index in [1.54, 1.807) is 30.3 Å². The fraction of sp³-hybridized carbons (Fsp3) is 0.375. The van der Waals surface area contributed by atoms with E-state index in [1.807, 2.05) is 4.90 Å². The summed E-state index contributed by atoms with van der Waals surface area (Å²) in [7, 11) is -3.68. The highest BCUT2D eigenvalue weighted by molar-refractivity contribution is 7.89. The Balaban J connectivity index is 1.26. The van der Waals surface area contributed by atoms with Crippen molar-refractivity contribution in [1.82, 2.24) is 19.3 Å². The molecule has 3 aromatic rings. The monoisotopic (exact) mass is 484 g/mol. The van der Waals surface area contributed by atoms with E-state index in [9.17, 15) is 17.6 Å². The van der Waals surface area contributed by atoms with Crippen molar-refractivity contribution in [2.24, 2.45) is 5.92 Å². The highest BCUT2D eigenvalue weighted by Crippen LogP contribution is 2.28. The first-order valence-electron chi connectivity index (χ1n) is 11.4. The summed E-state index contributed by atoms with van der Waals surface area (Å²) in [6.45, 7) is 2.27. The van der Waals surface area contributed by atoms with Gasteiger partial charge in [-0.25, -0.2) is 12.8 Å². The van der Waals surface area contributed by atoms with Gasteiger partial charge in [-0.1, -0.05) is 17.3 Å². The van der Waals surface area contributed by atoms with Crippen molar-refractivity contribution >= 4 is 15.9 Å². The number of hydrogen-bond acceptors (Lipinski definition) is 6. The van der Waals surface area contributed by atoms with Crippen LogP contribution in [0.5, 0.6) is 0 Å². The van der Waals surface area contributed by atoms with Gasteiger partial charge in [-0.2, -0.15) is 9.29 Å². The van der Waals surface area contributed by atoms with E-state index in [1.165, 1.54) is 22.5 Å². The molecule has 1 aromatic heterocycles. The van der Waals surface area contributed by atoms with E-state index in [0.29, 0.717) is 31.5 Å². The van der Waals surface area contributed by atoms with Gasteiger partial charge in [-0.3, -0.25) is 4.79 Å². The van der Waals surface area contributed by atoms with Crippen LogP contribution in [0.2, 0.25) is 0 Å². The minimum Gasteiger partial charge on any atom is -0.342 e. The second-order valence-corrected chi connectivity index (χ2v) is 10.6. The zero-order chi connectivity index (χ0) is 23.7. The molecule has 5 rings (SSSR count). The van der Waals surface area contributed by atoms with Crippen LogP contribution < -0.4 is 0 Å². The first-order chi connectivity index (χ1) is 16.4. The summed E-state index contributed by atoms with van der Waals surface area (Å²) in [5.41, 5.74) is 0.757. The van der Waals surface area contributed by atoms with Gasteiger partial charge in [0.2, 0.25) is 21.8 Å². The number of amides is 1. The molecule has 0 spiro atoms. The van der Waals surface area contributed by atoms with Crippen LogP contribution in [-0.2, 0) is 14.8 Å². The molecule has 178 valence electrons. The zero-order valence-electron chi connectivity index (χ0n) is 18.6. The third kappa shape index (κ3) is 4.35. The Morgan fingerprint density at radius 1 is 0.971 bits per heavy atom. The maximum absolute atomic E-state index is 14.0. The number of sulfonamides is 1. The lowest BCUT2D eigenvalue weighted by Crippen LogP contribution is -2.43. The number of aromatic nitrogens is 2. The third-order valence-electron chi connectivity index (χ3n) is 6.50. The Morgan fingerprint density at radius 3 is 2.32 bits per heavy atom. The molecule has 0 atom stereocenters. The minimum absolute atomic E-state index is 0.0520. The molecule has 34 heavy (non-hydrogen) atoms. The van der Waals surface area contributed by atoms with Crippen LogP contribution in [0, 0.1) is 11.7 Å². The zero-order valence-corrected chi connectivity index (χ0v) is 19.4. The van der Waals surface area contributed by atoms with Gasteiger partial charge in [0.15, 0.2) is 0 Å². The van der Waals surface area contributed by atoms with Gasteiger partial charge >= 0.3 is 0 Å². The van der Waals surface area contributed by atoms with Gasteiger partial charge in [0, 0.05) is 37.7 Å². The molecule has 0 bridgehead atoms. The van der Waals surface area contributed by atoms with Gasteiger partial charge < -0.3 is 9.42 Å². The number of carbonyl (C=O) groups excluding carboxylic acids is 1. The molecule has 0 radical (unpaired) electrons. The van der Waals surface area contributed by atoms with Crippen molar-refractivity contribution in [2.45, 2.75) is 30.6 Å². The third-order valence-corrected chi connectivity index (χ3v) is 8.41. The molecule has 2 saturated heterocycles. The Morgan fingerprint density at radius 2 is 1.65 bits per heavy atom. The van der Waals surface area contributed by atoms with E-state index >= 15 is 0 Å². The highest BCUT2D eigenvalue weighted by Gasteiger charge is 2.34. The lowest BCUT2D eigenvalue weighted by Gasteiger charge is -2.32. The molecule has 1 amide bonds. The van der Waals surface area contributed by atoms with Crippen LogP contribution in [0.25, 0.3) is 22.8 Å². The fourth-order valence-corrected chi connectivity index (χ4v) is 6.02. The van der Waals surface area contributed by atoms with Crippen molar-refractivity contribution < 1.29 is 22.1 Å². The number of piperidine rings is 1. The van der Waals surface area contributed by atoms with Gasteiger partial charge in [-0.05, 0) is 62.1 Å². The summed E-state index contributed by atoms with van der Waals surface area (Å²) in [6, 6.07) is 12.3. The second kappa shape index (κ2) is 9.27. The van der Waals surface area contributed by atoms with Gasteiger partial charge in [0.25, 0.3) is 5.89 Å². The second-order valence-electron chi connectivity index (χ2n) is 8.64. The molecule has 0 aliphatic carbocycles. The number of carbonyl (C=O) groups is 1. The molecule has 2 aliphatic heterocycles. The summed E-state index contributed by atoms with van der Waals surface area (Å²) in [4.78, 5) is 18.9. The molecule has 0 unspecified atom stereocenters. The Labute approximate surface area is 197 Å². The van der Waals surface area contributed by atoms with E-state index in [-0.39, 0.29) is 34.0 Å². The van der Waals surface area contributed by atoms with E-state index in [4.69, 9.17) is 4.52 Å². The molecular weight excluding hydrogens is 459 g/mol. The predicted octanol–water partition coefficient (Wildman–Crippen LogP) is 3.57. The Kier molecular flexibility index (Phi) is 6.18. The summed E-state index contributed by atoms with van der Waals surface area (Å²) >= 11 is 0. The molecule has 3 heterocycles. The maximum Gasteiger partial charge on any atom is 0.261 e. The van der Waals surface area contributed by atoms with Crippen LogP contribution in [0.1, 0.15) is 25.7 Å². The molecule has 0 N–H and O–H groups in total. The van der Waals surface area contributed by atoms with Crippen molar-refractivity contribution in [3.63, 3.8) is 0 Å².